The lowest BCUT2D eigenvalue weighted by molar-refractivity contribution is -0.129. The molecule has 2 rings (SSSR count). The van der Waals surface area contributed by atoms with Crippen LogP contribution in [0, 0.1) is 6.92 Å². The fraction of sp³-hybridized carbons (Fsp3) is 0.688. The first-order valence-electron chi connectivity index (χ1n) is 8.28. The zero-order valence-corrected chi connectivity index (χ0v) is 15.2. The van der Waals surface area contributed by atoms with Crippen LogP contribution in [0.25, 0.3) is 0 Å². The number of amides is 1. The summed E-state index contributed by atoms with van der Waals surface area (Å²) in [4.78, 5) is 25.1. The van der Waals surface area contributed by atoms with E-state index in [1.165, 1.54) is 0 Å². The quantitative estimate of drug-likeness (QED) is 0.636. The number of carbonyl (C=O) groups excluding carboxylic acids is 1. The zero-order chi connectivity index (χ0) is 16.7. The molecule has 1 aliphatic rings. The van der Waals surface area contributed by atoms with E-state index in [4.69, 9.17) is 0 Å². The number of nitrogens with one attached hydrogen (secondary N) is 1. The van der Waals surface area contributed by atoms with E-state index in [9.17, 15) is 4.79 Å². The van der Waals surface area contributed by atoms with E-state index in [2.05, 4.69) is 25.6 Å². The Balaban J connectivity index is 1.86. The molecule has 23 heavy (non-hydrogen) atoms. The Kier molecular flexibility index (Phi) is 6.83. The van der Waals surface area contributed by atoms with Gasteiger partial charge in [-0.25, -0.2) is 4.98 Å². The van der Waals surface area contributed by atoms with Gasteiger partial charge in [0.1, 0.15) is 0 Å². The molecule has 1 aromatic rings. The standard InChI is InChI=1S/C16H27N5OS/c1-4-17-16(20(3)11-14-12-23-13(2)19-14)18-8-7-15(22)21-9-5-6-10-21/h12H,4-11H2,1-3H3,(H,17,18). The first kappa shape index (κ1) is 17.7. The van der Waals surface area contributed by atoms with Crippen LogP contribution >= 0.6 is 11.3 Å². The molecule has 0 unspecified atom stereocenters. The largest absolute Gasteiger partial charge is 0.357 e. The van der Waals surface area contributed by atoms with Crippen molar-refractivity contribution >= 4 is 23.2 Å². The number of thiazole rings is 1. The van der Waals surface area contributed by atoms with E-state index in [0.717, 1.165) is 55.7 Å². The summed E-state index contributed by atoms with van der Waals surface area (Å²) in [6, 6.07) is 0. The first-order valence-corrected chi connectivity index (χ1v) is 9.16. The van der Waals surface area contributed by atoms with Crippen LogP contribution in [0.3, 0.4) is 0 Å². The molecule has 0 radical (unpaired) electrons. The van der Waals surface area contributed by atoms with Crippen molar-refractivity contribution in [1.29, 1.82) is 0 Å². The van der Waals surface area contributed by atoms with Crippen LogP contribution in [0.15, 0.2) is 10.4 Å². The summed E-state index contributed by atoms with van der Waals surface area (Å²) in [6.45, 7) is 7.92. The first-order chi connectivity index (χ1) is 11.1. The number of carbonyl (C=O) groups is 1. The number of likely N-dealkylation sites (tertiary alicyclic amines) is 1. The maximum Gasteiger partial charge on any atom is 0.224 e. The van der Waals surface area contributed by atoms with Crippen molar-refractivity contribution in [2.75, 3.05) is 33.2 Å². The topological polar surface area (TPSA) is 60.8 Å². The Bertz CT molecular complexity index is 536. The van der Waals surface area contributed by atoms with Crippen LogP contribution in [0.5, 0.6) is 0 Å². The molecular weight excluding hydrogens is 310 g/mol. The van der Waals surface area contributed by atoms with Gasteiger partial charge in [0.05, 0.1) is 23.8 Å². The van der Waals surface area contributed by atoms with Gasteiger partial charge in [-0.05, 0) is 26.7 Å². The predicted octanol–water partition coefficient (Wildman–Crippen LogP) is 1.86. The second kappa shape index (κ2) is 8.86. The number of rotatable bonds is 6. The molecule has 1 N–H and O–H groups in total. The van der Waals surface area contributed by atoms with E-state index in [1.807, 2.05) is 25.8 Å². The van der Waals surface area contributed by atoms with Crippen molar-refractivity contribution < 1.29 is 4.79 Å². The lowest BCUT2D eigenvalue weighted by atomic mass is 10.3. The molecule has 1 fully saturated rings. The van der Waals surface area contributed by atoms with Gasteiger partial charge in [-0.2, -0.15) is 0 Å². The molecule has 1 saturated heterocycles. The molecule has 2 heterocycles. The summed E-state index contributed by atoms with van der Waals surface area (Å²) in [5, 5.41) is 6.43. The molecule has 0 aromatic carbocycles. The van der Waals surface area contributed by atoms with Crippen LogP contribution < -0.4 is 5.32 Å². The fourth-order valence-electron chi connectivity index (χ4n) is 2.65. The van der Waals surface area contributed by atoms with Gasteiger partial charge in [0, 0.05) is 38.5 Å². The molecule has 128 valence electrons. The highest BCUT2D eigenvalue weighted by Gasteiger charge is 2.17. The van der Waals surface area contributed by atoms with Gasteiger partial charge in [0.15, 0.2) is 5.96 Å². The molecule has 0 spiro atoms. The minimum absolute atomic E-state index is 0.222. The maximum atomic E-state index is 12.1. The number of nitrogens with zero attached hydrogens (tertiary/aromatic N) is 4. The molecule has 0 aliphatic carbocycles. The van der Waals surface area contributed by atoms with Crippen molar-refractivity contribution in [3.63, 3.8) is 0 Å². The van der Waals surface area contributed by atoms with E-state index in [1.54, 1.807) is 11.3 Å². The van der Waals surface area contributed by atoms with Gasteiger partial charge in [-0.3, -0.25) is 9.79 Å². The molecule has 1 aliphatic heterocycles. The van der Waals surface area contributed by atoms with E-state index < -0.39 is 0 Å². The Morgan fingerprint density at radius 2 is 2.22 bits per heavy atom. The van der Waals surface area contributed by atoms with Crippen molar-refractivity contribution in [2.24, 2.45) is 4.99 Å². The van der Waals surface area contributed by atoms with Gasteiger partial charge in [0.25, 0.3) is 0 Å². The monoisotopic (exact) mass is 337 g/mol. The summed E-state index contributed by atoms with van der Waals surface area (Å²) in [5.41, 5.74) is 1.05. The van der Waals surface area contributed by atoms with Crippen LogP contribution in [0.2, 0.25) is 0 Å². The van der Waals surface area contributed by atoms with Gasteiger partial charge < -0.3 is 15.1 Å². The Hall–Kier alpha value is -1.63. The van der Waals surface area contributed by atoms with Crippen LogP contribution in [0.1, 0.15) is 36.9 Å². The third-order valence-corrected chi connectivity index (χ3v) is 4.63. The van der Waals surface area contributed by atoms with Crippen molar-refractivity contribution in [2.45, 2.75) is 39.7 Å². The summed E-state index contributed by atoms with van der Waals surface area (Å²) in [7, 11) is 2.00. The maximum absolute atomic E-state index is 12.1. The van der Waals surface area contributed by atoms with Crippen LogP contribution in [-0.4, -0.2) is 59.9 Å². The van der Waals surface area contributed by atoms with E-state index in [-0.39, 0.29) is 5.91 Å². The molecule has 6 nitrogen and oxygen atoms in total. The number of aryl methyl sites for hydroxylation is 1. The molecule has 1 aromatic heterocycles. The van der Waals surface area contributed by atoms with Gasteiger partial charge in [-0.1, -0.05) is 0 Å². The van der Waals surface area contributed by atoms with Crippen molar-refractivity contribution in [1.82, 2.24) is 20.1 Å². The normalized spacial score (nSPS) is 15.1. The average Bonchev–Trinajstić information content (AvgIpc) is 3.18. The summed E-state index contributed by atoms with van der Waals surface area (Å²) in [6.07, 6.45) is 2.75. The Morgan fingerprint density at radius 1 is 1.48 bits per heavy atom. The van der Waals surface area contributed by atoms with Gasteiger partial charge in [0.2, 0.25) is 5.91 Å². The second-order valence-corrected chi connectivity index (χ2v) is 6.85. The number of hydrogen-bond donors (Lipinski definition) is 1. The molecule has 1 amide bonds. The highest BCUT2D eigenvalue weighted by atomic mass is 32.1. The van der Waals surface area contributed by atoms with Crippen molar-refractivity contribution in [3.05, 3.63) is 16.1 Å². The average molecular weight is 337 g/mol. The minimum Gasteiger partial charge on any atom is -0.357 e. The summed E-state index contributed by atoms with van der Waals surface area (Å²) >= 11 is 1.66. The van der Waals surface area contributed by atoms with E-state index in [0.29, 0.717) is 13.0 Å². The molecule has 0 saturated carbocycles. The second-order valence-electron chi connectivity index (χ2n) is 5.79. The number of hydrogen-bond acceptors (Lipinski definition) is 4. The predicted molar refractivity (Wildman–Crippen MR) is 94.7 cm³/mol. The highest BCUT2D eigenvalue weighted by molar-refractivity contribution is 7.09. The van der Waals surface area contributed by atoms with Crippen molar-refractivity contribution in [3.8, 4) is 0 Å². The zero-order valence-electron chi connectivity index (χ0n) is 14.3. The highest BCUT2D eigenvalue weighted by Crippen LogP contribution is 2.10. The summed E-state index contributed by atoms with van der Waals surface area (Å²) in [5.74, 6) is 1.05. The number of guanidine groups is 1. The smallest absolute Gasteiger partial charge is 0.224 e. The molecule has 0 atom stereocenters. The third-order valence-electron chi connectivity index (χ3n) is 3.81. The Morgan fingerprint density at radius 3 is 2.83 bits per heavy atom. The van der Waals surface area contributed by atoms with Gasteiger partial charge >= 0.3 is 0 Å². The summed E-state index contributed by atoms with van der Waals surface area (Å²) < 4.78 is 0. The lowest BCUT2D eigenvalue weighted by Crippen LogP contribution is -2.39. The number of aromatic nitrogens is 1. The number of aliphatic imine (C=N–C) groups is 1. The molecule has 7 heteroatoms. The fourth-order valence-corrected chi connectivity index (χ4v) is 3.25. The Labute approximate surface area is 142 Å². The lowest BCUT2D eigenvalue weighted by Gasteiger charge is -2.21. The third kappa shape index (κ3) is 5.49. The van der Waals surface area contributed by atoms with Crippen LogP contribution in [0.4, 0.5) is 0 Å². The van der Waals surface area contributed by atoms with E-state index >= 15 is 0 Å². The molecule has 0 bridgehead atoms. The molecular formula is C16H27N5OS. The SMILES string of the molecule is CCNC(=NCCC(=O)N1CCCC1)N(C)Cc1csc(C)n1. The minimum atomic E-state index is 0.222. The van der Waals surface area contributed by atoms with Gasteiger partial charge in [-0.15, -0.1) is 11.3 Å². The van der Waals surface area contributed by atoms with Crippen LogP contribution in [-0.2, 0) is 11.3 Å².